The number of ether oxygens (including phenoxy) is 1. The molecule has 0 spiro atoms. The van der Waals surface area contributed by atoms with Crippen molar-refractivity contribution in [1.82, 2.24) is 5.32 Å². The van der Waals surface area contributed by atoms with E-state index in [4.69, 9.17) is 4.74 Å². The van der Waals surface area contributed by atoms with Crippen LogP contribution in [-0.4, -0.2) is 30.4 Å². The van der Waals surface area contributed by atoms with Crippen LogP contribution in [0.25, 0.3) is 0 Å². The number of aliphatic hydroxyl groups excluding tert-OH is 1. The number of rotatable bonds is 4. The van der Waals surface area contributed by atoms with Crippen LogP contribution in [-0.2, 0) is 0 Å². The fourth-order valence-electron chi connectivity index (χ4n) is 3.51. The molecule has 3 rings (SSSR count). The molecule has 2 aliphatic rings. The normalized spacial score (nSPS) is 33.5. The molecule has 3 heteroatoms. The van der Waals surface area contributed by atoms with Crippen LogP contribution in [0.1, 0.15) is 50.0 Å². The van der Waals surface area contributed by atoms with E-state index in [2.05, 4.69) is 17.4 Å². The Balaban J connectivity index is 1.48. The fourth-order valence-corrected chi connectivity index (χ4v) is 3.51. The van der Waals surface area contributed by atoms with Crippen molar-refractivity contribution in [3.8, 4) is 5.75 Å². The maximum Gasteiger partial charge on any atom is 0.118 e. The van der Waals surface area contributed by atoms with Crippen molar-refractivity contribution in [2.45, 2.75) is 62.6 Å². The van der Waals surface area contributed by atoms with Gasteiger partial charge in [-0.05, 0) is 49.3 Å². The third-order valence-corrected chi connectivity index (χ3v) is 4.90. The van der Waals surface area contributed by atoms with E-state index < -0.39 is 0 Å². The molecule has 2 fully saturated rings. The summed E-state index contributed by atoms with van der Waals surface area (Å²) in [5.41, 5.74) is 1.41. The highest BCUT2D eigenvalue weighted by molar-refractivity contribution is 5.31. The first-order valence-electron chi connectivity index (χ1n) is 7.84. The second kappa shape index (κ2) is 6.15. The van der Waals surface area contributed by atoms with Gasteiger partial charge in [-0.25, -0.2) is 0 Å². The fraction of sp³-hybridized carbons (Fsp3) is 0.647. The highest BCUT2D eigenvalue weighted by Crippen LogP contribution is 2.38. The van der Waals surface area contributed by atoms with Crippen LogP contribution in [0, 0.1) is 0 Å². The van der Waals surface area contributed by atoms with E-state index >= 15 is 0 Å². The van der Waals surface area contributed by atoms with Crippen molar-refractivity contribution >= 4 is 0 Å². The van der Waals surface area contributed by atoms with Gasteiger partial charge in [-0.3, -0.25) is 0 Å². The minimum Gasteiger partial charge on any atom is -0.497 e. The average molecular weight is 275 g/mol. The first-order valence-corrected chi connectivity index (χ1v) is 7.84. The maximum atomic E-state index is 10.0. The summed E-state index contributed by atoms with van der Waals surface area (Å²) >= 11 is 0. The molecular formula is C17H25NO2. The van der Waals surface area contributed by atoms with Crippen molar-refractivity contribution < 1.29 is 9.84 Å². The molecule has 0 heterocycles. The molecule has 110 valence electrons. The van der Waals surface area contributed by atoms with E-state index in [1.807, 2.05) is 12.1 Å². The summed E-state index contributed by atoms with van der Waals surface area (Å²) in [7, 11) is 1.70. The van der Waals surface area contributed by atoms with E-state index in [-0.39, 0.29) is 6.10 Å². The van der Waals surface area contributed by atoms with Gasteiger partial charge >= 0.3 is 0 Å². The van der Waals surface area contributed by atoms with Crippen molar-refractivity contribution in [2.24, 2.45) is 0 Å². The lowest BCUT2D eigenvalue weighted by Crippen LogP contribution is -2.51. The predicted molar refractivity (Wildman–Crippen MR) is 80.2 cm³/mol. The summed E-state index contributed by atoms with van der Waals surface area (Å²) in [6.45, 7) is 0. The van der Waals surface area contributed by atoms with Gasteiger partial charge in [0.15, 0.2) is 0 Å². The second-order valence-corrected chi connectivity index (χ2v) is 6.26. The Morgan fingerprint density at radius 2 is 1.80 bits per heavy atom. The smallest absolute Gasteiger partial charge is 0.118 e. The van der Waals surface area contributed by atoms with Crippen LogP contribution in [0.15, 0.2) is 24.3 Å². The summed E-state index contributed by atoms with van der Waals surface area (Å²) < 4.78 is 5.19. The standard InChI is InChI=1S/C17H25NO2/c1-20-15-8-6-12(7-9-15)13-10-14(11-13)18-16-4-2-3-5-17(16)19/h6-9,13-14,16-19H,2-5,10-11H2,1H3. The third kappa shape index (κ3) is 2.99. The molecule has 3 nitrogen and oxygen atoms in total. The van der Waals surface area contributed by atoms with Gasteiger partial charge in [0.25, 0.3) is 0 Å². The molecule has 2 saturated carbocycles. The lowest BCUT2D eigenvalue weighted by molar-refractivity contribution is 0.0751. The number of methoxy groups -OCH3 is 1. The monoisotopic (exact) mass is 275 g/mol. The number of nitrogens with one attached hydrogen (secondary N) is 1. The van der Waals surface area contributed by atoms with Crippen molar-refractivity contribution in [3.05, 3.63) is 29.8 Å². The Morgan fingerprint density at radius 3 is 2.45 bits per heavy atom. The predicted octanol–water partition coefficient (Wildman–Crippen LogP) is 2.83. The minimum absolute atomic E-state index is 0.135. The Kier molecular flexibility index (Phi) is 4.27. The lowest BCUT2D eigenvalue weighted by Gasteiger charge is -2.41. The molecule has 1 aromatic rings. The topological polar surface area (TPSA) is 41.5 Å². The van der Waals surface area contributed by atoms with Gasteiger partial charge in [0.05, 0.1) is 13.2 Å². The maximum absolute atomic E-state index is 10.0. The first-order chi connectivity index (χ1) is 9.76. The third-order valence-electron chi connectivity index (χ3n) is 4.90. The Bertz CT molecular complexity index is 425. The molecule has 0 aromatic heterocycles. The Hall–Kier alpha value is -1.06. The average Bonchev–Trinajstić information content (AvgIpc) is 2.44. The van der Waals surface area contributed by atoms with Crippen LogP contribution >= 0.6 is 0 Å². The summed E-state index contributed by atoms with van der Waals surface area (Å²) in [5.74, 6) is 1.59. The highest BCUT2D eigenvalue weighted by Gasteiger charge is 2.33. The molecule has 2 aliphatic carbocycles. The van der Waals surface area contributed by atoms with Crippen LogP contribution < -0.4 is 10.1 Å². The van der Waals surface area contributed by atoms with Gasteiger partial charge in [-0.2, -0.15) is 0 Å². The zero-order valence-electron chi connectivity index (χ0n) is 12.2. The van der Waals surface area contributed by atoms with Gasteiger partial charge < -0.3 is 15.2 Å². The molecule has 0 aliphatic heterocycles. The SMILES string of the molecule is COc1ccc(C2CC(NC3CCCCC3O)C2)cc1. The van der Waals surface area contributed by atoms with Gasteiger partial charge in [-0.1, -0.05) is 25.0 Å². The number of aliphatic hydroxyl groups is 1. The molecule has 20 heavy (non-hydrogen) atoms. The lowest BCUT2D eigenvalue weighted by atomic mass is 9.75. The molecule has 0 radical (unpaired) electrons. The van der Waals surface area contributed by atoms with Crippen LogP contribution in [0.3, 0.4) is 0 Å². The van der Waals surface area contributed by atoms with Gasteiger partial charge in [0.2, 0.25) is 0 Å². The van der Waals surface area contributed by atoms with E-state index in [1.54, 1.807) is 7.11 Å². The largest absolute Gasteiger partial charge is 0.497 e. The van der Waals surface area contributed by atoms with Crippen LogP contribution in [0.2, 0.25) is 0 Å². The summed E-state index contributed by atoms with van der Waals surface area (Å²) in [5, 5.41) is 13.7. The number of hydrogen-bond donors (Lipinski definition) is 2. The quantitative estimate of drug-likeness (QED) is 0.888. The molecule has 2 atom stereocenters. The molecular weight excluding hydrogens is 250 g/mol. The molecule has 0 saturated heterocycles. The van der Waals surface area contributed by atoms with Gasteiger partial charge in [0, 0.05) is 12.1 Å². The Morgan fingerprint density at radius 1 is 1.10 bits per heavy atom. The van der Waals surface area contributed by atoms with E-state index in [1.165, 1.54) is 31.2 Å². The van der Waals surface area contributed by atoms with Crippen molar-refractivity contribution in [3.63, 3.8) is 0 Å². The van der Waals surface area contributed by atoms with Gasteiger partial charge in [0.1, 0.15) is 5.75 Å². The highest BCUT2D eigenvalue weighted by atomic mass is 16.5. The summed E-state index contributed by atoms with van der Waals surface area (Å²) in [4.78, 5) is 0. The second-order valence-electron chi connectivity index (χ2n) is 6.26. The summed E-state index contributed by atoms with van der Waals surface area (Å²) in [6, 6.07) is 9.34. The van der Waals surface area contributed by atoms with Crippen LogP contribution in [0.4, 0.5) is 0 Å². The van der Waals surface area contributed by atoms with Crippen molar-refractivity contribution in [2.75, 3.05) is 7.11 Å². The van der Waals surface area contributed by atoms with E-state index in [0.717, 1.165) is 18.6 Å². The first kappa shape index (κ1) is 13.9. The zero-order valence-corrected chi connectivity index (χ0v) is 12.2. The minimum atomic E-state index is -0.135. The number of benzene rings is 1. The number of hydrogen-bond acceptors (Lipinski definition) is 3. The van der Waals surface area contributed by atoms with E-state index in [0.29, 0.717) is 18.0 Å². The van der Waals surface area contributed by atoms with Gasteiger partial charge in [-0.15, -0.1) is 0 Å². The molecule has 2 unspecified atom stereocenters. The van der Waals surface area contributed by atoms with E-state index in [9.17, 15) is 5.11 Å². The molecule has 1 aromatic carbocycles. The Labute approximate surface area is 121 Å². The zero-order chi connectivity index (χ0) is 13.9. The molecule has 2 N–H and O–H groups in total. The molecule has 0 bridgehead atoms. The van der Waals surface area contributed by atoms with Crippen molar-refractivity contribution in [1.29, 1.82) is 0 Å². The summed E-state index contributed by atoms with van der Waals surface area (Å²) in [6.07, 6.45) is 6.77. The van der Waals surface area contributed by atoms with Crippen LogP contribution in [0.5, 0.6) is 5.75 Å². The molecule has 0 amide bonds.